The Labute approximate surface area is 306 Å². The van der Waals surface area contributed by atoms with Gasteiger partial charge in [0.1, 0.15) is 17.7 Å². The van der Waals surface area contributed by atoms with Crippen molar-refractivity contribution in [2.24, 2.45) is 17.8 Å². The van der Waals surface area contributed by atoms with Gasteiger partial charge in [0.25, 0.3) is 5.91 Å². The van der Waals surface area contributed by atoms with Crippen LogP contribution in [0.5, 0.6) is 0 Å². The zero-order valence-corrected chi connectivity index (χ0v) is 30.7. The van der Waals surface area contributed by atoms with Gasteiger partial charge in [-0.05, 0) is 56.2 Å². The van der Waals surface area contributed by atoms with Crippen molar-refractivity contribution in [2.45, 2.75) is 88.8 Å². The summed E-state index contributed by atoms with van der Waals surface area (Å²) >= 11 is 6.60. The summed E-state index contributed by atoms with van der Waals surface area (Å²) in [6.07, 6.45) is 3.79. The van der Waals surface area contributed by atoms with Crippen molar-refractivity contribution in [1.82, 2.24) is 9.80 Å². The number of nitrogens with zero attached hydrogens (tertiary/aromatic N) is 3. The summed E-state index contributed by atoms with van der Waals surface area (Å²) < 4.78 is 13.0. The highest BCUT2D eigenvalue weighted by atomic mass is 35.5. The lowest BCUT2D eigenvalue weighted by Gasteiger charge is -2.39. The standard InChI is InChI=1S/C40H50ClN3O7/c1-7-9-19-32(46)42(6)26(5)35(27-15-11-10-12-16-27)50-39(49)33-31-20-21-40(51-31)34(33)37(47)44(28(24-45)23-25(3)4)36(40)38(48)43(22-8-2)30-18-14-13-17-29(30)41/h7-8,10-18,25-26,28,31,33-36,45H,1-2,9,19-24H2,3-6H3/t26-,28-,31+,33-,34-,35+,36+,40-/m1/s1. The summed E-state index contributed by atoms with van der Waals surface area (Å²) in [6.45, 7) is 13.1. The summed E-state index contributed by atoms with van der Waals surface area (Å²) in [6, 6.07) is 13.8. The first kappa shape index (κ1) is 38.2. The minimum Gasteiger partial charge on any atom is -0.455 e. The largest absolute Gasteiger partial charge is 0.455 e. The quantitative estimate of drug-likeness (QED) is 0.174. The second kappa shape index (κ2) is 16.1. The van der Waals surface area contributed by atoms with Crippen molar-refractivity contribution in [1.29, 1.82) is 0 Å². The van der Waals surface area contributed by atoms with Crippen molar-refractivity contribution in [3.8, 4) is 0 Å². The van der Waals surface area contributed by atoms with Gasteiger partial charge in [0.15, 0.2) is 0 Å². The average Bonchev–Trinajstić information content (AvgIpc) is 3.77. The predicted octanol–water partition coefficient (Wildman–Crippen LogP) is 5.74. The topological polar surface area (TPSA) is 117 Å². The Hall–Kier alpha value is -3.99. The van der Waals surface area contributed by atoms with E-state index in [9.17, 15) is 24.3 Å². The van der Waals surface area contributed by atoms with E-state index in [1.165, 1.54) is 9.80 Å². The molecule has 11 heteroatoms. The molecule has 8 atom stereocenters. The Morgan fingerprint density at radius 3 is 2.41 bits per heavy atom. The summed E-state index contributed by atoms with van der Waals surface area (Å²) in [7, 11) is 1.68. The number of carbonyl (C=O) groups is 4. The van der Waals surface area contributed by atoms with Gasteiger partial charge in [0.2, 0.25) is 11.8 Å². The van der Waals surface area contributed by atoms with Gasteiger partial charge in [0.05, 0.1) is 47.3 Å². The molecule has 3 aliphatic rings. The van der Waals surface area contributed by atoms with Crippen molar-refractivity contribution < 1.29 is 33.8 Å². The number of hydrogen-bond donors (Lipinski definition) is 1. The molecule has 10 nitrogen and oxygen atoms in total. The second-order valence-electron chi connectivity index (χ2n) is 14.3. The van der Waals surface area contributed by atoms with Crippen LogP contribution in [0.3, 0.4) is 0 Å². The molecular formula is C40H50ClN3O7. The van der Waals surface area contributed by atoms with Crippen LogP contribution in [0.1, 0.15) is 64.5 Å². The lowest BCUT2D eigenvalue weighted by atomic mass is 9.70. The van der Waals surface area contributed by atoms with Gasteiger partial charge in [-0.2, -0.15) is 0 Å². The third-order valence-electron chi connectivity index (χ3n) is 10.7. The Bertz CT molecular complexity index is 1620. The molecule has 3 amide bonds. The molecule has 274 valence electrons. The van der Waals surface area contributed by atoms with Crippen molar-refractivity contribution in [3.63, 3.8) is 0 Å². The first-order valence-electron chi connectivity index (χ1n) is 17.8. The molecule has 0 aliphatic carbocycles. The zero-order chi connectivity index (χ0) is 37.0. The number of likely N-dealkylation sites (N-methyl/N-ethyl adjacent to an activating group) is 1. The van der Waals surface area contributed by atoms with Crippen LogP contribution in [-0.4, -0.2) is 88.6 Å². The molecule has 51 heavy (non-hydrogen) atoms. The predicted molar refractivity (Wildman–Crippen MR) is 196 cm³/mol. The molecule has 0 radical (unpaired) electrons. The Morgan fingerprint density at radius 1 is 1.10 bits per heavy atom. The number of para-hydroxylation sites is 1. The molecule has 2 aromatic rings. The van der Waals surface area contributed by atoms with Crippen LogP contribution >= 0.6 is 11.6 Å². The van der Waals surface area contributed by atoms with Crippen molar-refractivity contribution >= 4 is 41.0 Å². The van der Waals surface area contributed by atoms with Crippen LogP contribution in [-0.2, 0) is 28.7 Å². The number of anilines is 1. The number of likely N-dealkylation sites (tertiary alicyclic amines) is 1. The molecule has 0 aromatic heterocycles. The number of amides is 3. The maximum Gasteiger partial charge on any atom is 0.313 e. The Balaban J connectivity index is 1.54. The lowest BCUT2D eigenvalue weighted by Crippen LogP contribution is -2.59. The second-order valence-corrected chi connectivity index (χ2v) is 14.7. The summed E-state index contributed by atoms with van der Waals surface area (Å²) in [5.74, 6) is -3.52. The summed E-state index contributed by atoms with van der Waals surface area (Å²) in [5, 5.41) is 11.0. The van der Waals surface area contributed by atoms with Crippen LogP contribution in [0.4, 0.5) is 5.69 Å². The van der Waals surface area contributed by atoms with E-state index in [-0.39, 0.29) is 31.4 Å². The zero-order valence-electron chi connectivity index (χ0n) is 29.9. The fourth-order valence-electron chi connectivity index (χ4n) is 8.23. The number of carbonyl (C=O) groups excluding carboxylic acids is 4. The molecule has 3 aliphatic heterocycles. The minimum absolute atomic E-state index is 0.0915. The number of ether oxygens (including phenoxy) is 2. The number of aliphatic hydroxyl groups is 1. The van der Waals surface area contributed by atoms with Gasteiger partial charge in [0, 0.05) is 20.0 Å². The van der Waals surface area contributed by atoms with E-state index in [0.717, 1.165) is 0 Å². The van der Waals surface area contributed by atoms with Crippen LogP contribution in [0.25, 0.3) is 0 Å². The number of benzene rings is 2. The molecule has 3 fully saturated rings. The highest BCUT2D eigenvalue weighted by Crippen LogP contribution is 2.59. The van der Waals surface area contributed by atoms with Gasteiger partial charge in [-0.25, -0.2) is 0 Å². The molecule has 2 bridgehead atoms. The first-order chi connectivity index (χ1) is 24.4. The smallest absolute Gasteiger partial charge is 0.313 e. The van der Waals surface area contributed by atoms with Crippen LogP contribution in [0, 0.1) is 17.8 Å². The number of hydrogen-bond acceptors (Lipinski definition) is 7. The molecular weight excluding hydrogens is 670 g/mol. The average molecular weight is 720 g/mol. The van der Waals surface area contributed by atoms with Gasteiger partial charge in [-0.15, -0.1) is 13.2 Å². The first-order valence-corrected chi connectivity index (χ1v) is 18.2. The lowest BCUT2D eigenvalue weighted by molar-refractivity contribution is -0.165. The molecule has 1 spiro atoms. The van der Waals surface area contributed by atoms with Gasteiger partial charge < -0.3 is 29.3 Å². The fourth-order valence-corrected chi connectivity index (χ4v) is 8.47. The van der Waals surface area contributed by atoms with Crippen LogP contribution in [0.15, 0.2) is 79.9 Å². The SMILES string of the molecule is C=CCCC(=O)N(C)[C@H](C)[C@H](OC(=O)[C@@H]1[C@@H]2CC[C@]3(O2)[C@H](C(=O)N(CC=C)c2ccccc2Cl)N([C@@H](CO)CC(C)C)C(=O)[C@@H]13)c1ccccc1. The van der Waals surface area contributed by atoms with Gasteiger partial charge in [-0.3, -0.25) is 19.2 Å². The summed E-state index contributed by atoms with van der Waals surface area (Å²) in [4.78, 5) is 61.8. The number of halogens is 1. The van der Waals surface area contributed by atoms with Crippen molar-refractivity contribution in [3.05, 3.63) is 90.5 Å². The molecule has 3 saturated heterocycles. The fraction of sp³-hybridized carbons (Fsp3) is 0.500. The molecule has 3 heterocycles. The maximum atomic E-state index is 14.9. The van der Waals surface area contributed by atoms with E-state index >= 15 is 0 Å². The number of aliphatic hydroxyl groups excluding tert-OH is 1. The van der Waals surface area contributed by atoms with E-state index in [1.807, 2.05) is 51.1 Å². The third kappa shape index (κ3) is 7.23. The third-order valence-corrected chi connectivity index (χ3v) is 11.0. The van der Waals surface area contributed by atoms with Crippen LogP contribution in [0.2, 0.25) is 5.02 Å². The molecule has 2 aromatic carbocycles. The van der Waals surface area contributed by atoms with E-state index < -0.39 is 65.6 Å². The normalized spacial score (nSPS) is 25.2. The number of esters is 1. The van der Waals surface area contributed by atoms with Crippen molar-refractivity contribution in [2.75, 3.05) is 25.1 Å². The molecule has 0 unspecified atom stereocenters. The number of fused-ring (bicyclic) bond motifs is 1. The van der Waals surface area contributed by atoms with Gasteiger partial charge in [-0.1, -0.05) is 80.1 Å². The van der Waals surface area contributed by atoms with Gasteiger partial charge >= 0.3 is 5.97 Å². The highest BCUT2D eigenvalue weighted by molar-refractivity contribution is 6.34. The van der Waals surface area contributed by atoms with Crippen LogP contribution < -0.4 is 4.90 Å². The minimum atomic E-state index is -1.33. The highest BCUT2D eigenvalue weighted by Gasteiger charge is 2.76. The van der Waals surface area contributed by atoms with E-state index in [0.29, 0.717) is 42.0 Å². The van der Waals surface area contributed by atoms with E-state index in [2.05, 4.69) is 13.2 Å². The van der Waals surface area contributed by atoms with E-state index in [1.54, 1.807) is 48.4 Å². The maximum absolute atomic E-state index is 14.9. The summed E-state index contributed by atoms with van der Waals surface area (Å²) in [5.41, 5.74) is -0.181. The molecule has 0 saturated carbocycles. The number of rotatable bonds is 16. The monoisotopic (exact) mass is 719 g/mol. The number of allylic oxidation sites excluding steroid dienone is 1. The molecule has 5 rings (SSSR count). The van der Waals surface area contributed by atoms with E-state index in [4.69, 9.17) is 21.1 Å². The Kier molecular flexibility index (Phi) is 12.1. The Morgan fingerprint density at radius 2 is 1.78 bits per heavy atom. The molecule has 1 N–H and O–H groups in total.